The van der Waals surface area contributed by atoms with E-state index < -0.39 is 0 Å². The third kappa shape index (κ3) is 4.87. The van der Waals surface area contributed by atoms with Crippen LogP contribution >= 0.6 is 0 Å². The number of ether oxygens (including phenoxy) is 1. The van der Waals surface area contributed by atoms with E-state index in [-0.39, 0.29) is 17.9 Å². The molecule has 1 amide bonds. The van der Waals surface area contributed by atoms with Gasteiger partial charge in [-0.2, -0.15) is 0 Å². The van der Waals surface area contributed by atoms with Gasteiger partial charge in [-0.15, -0.1) is 0 Å². The molecule has 1 heterocycles. The van der Waals surface area contributed by atoms with Gasteiger partial charge < -0.3 is 20.7 Å². The zero-order valence-electron chi connectivity index (χ0n) is 14.1. The molecular formula is C17H26N4O2. The maximum Gasteiger partial charge on any atom is 0.222 e. The van der Waals surface area contributed by atoms with Crippen molar-refractivity contribution in [3.05, 3.63) is 29.8 Å². The molecule has 0 aromatic heterocycles. The summed E-state index contributed by atoms with van der Waals surface area (Å²) >= 11 is 0. The molecule has 2 rings (SSSR count). The van der Waals surface area contributed by atoms with Gasteiger partial charge in [0.1, 0.15) is 5.75 Å². The molecule has 1 aromatic rings. The molecule has 0 aliphatic carbocycles. The van der Waals surface area contributed by atoms with Crippen LogP contribution in [0.2, 0.25) is 0 Å². The maximum absolute atomic E-state index is 11.5. The molecule has 126 valence electrons. The van der Waals surface area contributed by atoms with Gasteiger partial charge in [0.15, 0.2) is 5.96 Å². The molecule has 0 fully saturated rings. The van der Waals surface area contributed by atoms with Gasteiger partial charge in [-0.3, -0.25) is 9.79 Å². The second-order valence-corrected chi connectivity index (χ2v) is 5.82. The number of benzene rings is 1. The van der Waals surface area contributed by atoms with Crippen LogP contribution in [0, 0.1) is 5.92 Å². The lowest BCUT2D eigenvalue weighted by molar-refractivity contribution is -0.123. The fraction of sp³-hybridized carbons (Fsp3) is 0.529. The van der Waals surface area contributed by atoms with Crippen LogP contribution in [0.25, 0.3) is 0 Å². The molecule has 1 unspecified atom stereocenters. The minimum Gasteiger partial charge on any atom is -0.493 e. The van der Waals surface area contributed by atoms with Gasteiger partial charge in [0.25, 0.3) is 0 Å². The minimum atomic E-state index is 0.00572. The fourth-order valence-corrected chi connectivity index (χ4v) is 2.42. The van der Waals surface area contributed by atoms with Crippen molar-refractivity contribution < 1.29 is 9.53 Å². The minimum absolute atomic E-state index is 0.00572. The van der Waals surface area contributed by atoms with Crippen molar-refractivity contribution in [1.82, 2.24) is 16.0 Å². The lowest BCUT2D eigenvalue weighted by Crippen LogP contribution is -2.44. The number of nitrogens with one attached hydrogen (secondary N) is 3. The molecule has 0 saturated carbocycles. The predicted molar refractivity (Wildman–Crippen MR) is 91.6 cm³/mol. The molecule has 0 bridgehead atoms. The van der Waals surface area contributed by atoms with Crippen molar-refractivity contribution in [2.24, 2.45) is 10.9 Å². The second kappa shape index (κ2) is 8.41. The number of aliphatic imine (C=N–C) groups is 1. The van der Waals surface area contributed by atoms with E-state index in [0.29, 0.717) is 19.7 Å². The summed E-state index contributed by atoms with van der Waals surface area (Å²) in [6.45, 7) is 5.65. The highest BCUT2D eigenvalue weighted by Gasteiger charge is 2.21. The van der Waals surface area contributed by atoms with Crippen LogP contribution in [0.1, 0.15) is 31.9 Å². The first kappa shape index (κ1) is 17.1. The molecule has 0 spiro atoms. The Bertz CT molecular complexity index is 557. The van der Waals surface area contributed by atoms with E-state index in [1.807, 2.05) is 32.0 Å². The normalized spacial score (nSPS) is 17.2. The Morgan fingerprint density at radius 2 is 2.04 bits per heavy atom. The first-order chi connectivity index (χ1) is 11.1. The number of fused-ring (bicyclic) bond motifs is 1. The smallest absolute Gasteiger partial charge is 0.222 e. The van der Waals surface area contributed by atoms with Gasteiger partial charge >= 0.3 is 0 Å². The average molecular weight is 318 g/mol. The summed E-state index contributed by atoms with van der Waals surface area (Å²) < 4.78 is 5.67. The van der Waals surface area contributed by atoms with Gasteiger partial charge in [0.05, 0.1) is 12.6 Å². The summed E-state index contributed by atoms with van der Waals surface area (Å²) in [6.07, 6.45) is 0.891. The van der Waals surface area contributed by atoms with Gasteiger partial charge in [-0.1, -0.05) is 32.0 Å². The van der Waals surface area contributed by atoms with Crippen molar-refractivity contribution in [3.8, 4) is 5.75 Å². The maximum atomic E-state index is 11.5. The molecule has 1 atom stereocenters. The molecular weight excluding hydrogens is 292 g/mol. The quantitative estimate of drug-likeness (QED) is 0.436. The number of hydrogen-bond acceptors (Lipinski definition) is 3. The van der Waals surface area contributed by atoms with Crippen molar-refractivity contribution in [1.29, 1.82) is 0 Å². The summed E-state index contributed by atoms with van der Waals surface area (Å²) in [5.41, 5.74) is 1.15. The molecule has 0 saturated heterocycles. The van der Waals surface area contributed by atoms with E-state index in [9.17, 15) is 4.79 Å². The standard InChI is InChI=1S/C17H26N4O2/c1-12(2)16(22)19-9-10-20-17(18-3)21-14-8-11-23-15-7-5-4-6-13(14)15/h4-7,12,14H,8-11H2,1-3H3,(H,19,22)(H2,18,20,21). The lowest BCUT2D eigenvalue weighted by Gasteiger charge is -2.28. The topological polar surface area (TPSA) is 74.8 Å². The van der Waals surface area contributed by atoms with Crippen molar-refractivity contribution in [2.45, 2.75) is 26.3 Å². The Balaban J connectivity index is 1.83. The molecule has 6 nitrogen and oxygen atoms in total. The second-order valence-electron chi connectivity index (χ2n) is 5.82. The number of rotatable bonds is 5. The zero-order chi connectivity index (χ0) is 16.7. The number of amides is 1. The highest BCUT2D eigenvalue weighted by molar-refractivity contribution is 5.80. The van der Waals surface area contributed by atoms with Gasteiger partial charge in [0.2, 0.25) is 5.91 Å². The van der Waals surface area contributed by atoms with Crippen molar-refractivity contribution in [3.63, 3.8) is 0 Å². The van der Waals surface area contributed by atoms with Crippen LogP contribution < -0.4 is 20.7 Å². The molecule has 1 aliphatic rings. The summed E-state index contributed by atoms with van der Waals surface area (Å²) in [6, 6.07) is 8.23. The third-order valence-electron chi connectivity index (χ3n) is 3.73. The number of carbonyl (C=O) groups is 1. The van der Waals surface area contributed by atoms with E-state index in [2.05, 4.69) is 27.0 Å². The van der Waals surface area contributed by atoms with E-state index >= 15 is 0 Å². The van der Waals surface area contributed by atoms with Crippen LogP contribution in [0.5, 0.6) is 5.75 Å². The van der Waals surface area contributed by atoms with E-state index in [0.717, 1.165) is 23.7 Å². The van der Waals surface area contributed by atoms with Crippen molar-refractivity contribution >= 4 is 11.9 Å². The Labute approximate surface area is 137 Å². The van der Waals surface area contributed by atoms with Crippen LogP contribution in [-0.2, 0) is 4.79 Å². The Morgan fingerprint density at radius 3 is 2.78 bits per heavy atom. The van der Waals surface area contributed by atoms with Crippen LogP contribution in [0.4, 0.5) is 0 Å². The highest BCUT2D eigenvalue weighted by atomic mass is 16.5. The van der Waals surface area contributed by atoms with Gasteiger partial charge in [-0.25, -0.2) is 0 Å². The van der Waals surface area contributed by atoms with Gasteiger partial charge in [-0.05, 0) is 6.07 Å². The summed E-state index contributed by atoms with van der Waals surface area (Å²) in [5.74, 6) is 1.72. The number of para-hydroxylation sites is 1. The molecule has 23 heavy (non-hydrogen) atoms. The number of nitrogens with zero attached hydrogens (tertiary/aromatic N) is 1. The van der Waals surface area contributed by atoms with Crippen LogP contribution in [0.15, 0.2) is 29.3 Å². The van der Waals surface area contributed by atoms with E-state index in [4.69, 9.17) is 4.74 Å². The van der Waals surface area contributed by atoms with Gasteiger partial charge in [0, 0.05) is 38.0 Å². The average Bonchev–Trinajstić information content (AvgIpc) is 2.57. The predicted octanol–water partition coefficient (Wildman–Crippen LogP) is 1.45. The molecule has 6 heteroatoms. The Hall–Kier alpha value is -2.24. The fourth-order valence-electron chi connectivity index (χ4n) is 2.42. The highest BCUT2D eigenvalue weighted by Crippen LogP contribution is 2.31. The molecule has 0 radical (unpaired) electrons. The van der Waals surface area contributed by atoms with E-state index in [1.165, 1.54) is 0 Å². The third-order valence-corrected chi connectivity index (χ3v) is 3.73. The Morgan fingerprint density at radius 1 is 1.30 bits per heavy atom. The number of hydrogen-bond donors (Lipinski definition) is 3. The van der Waals surface area contributed by atoms with Crippen molar-refractivity contribution in [2.75, 3.05) is 26.7 Å². The lowest BCUT2D eigenvalue weighted by atomic mass is 10.0. The summed E-state index contributed by atoms with van der Waals surface area (Å²) in [5, 5.41) is 9.52. The number of guanidine groups is 1. The molecule has 3 N–H and O–H groups in total. The van der Waals surface area contributed by atoms with E-state index in [1.54, 1.807) is 7.05 Å². The first-order valence-corrected chi connectivity index (χ1v) is 8.08. The molecule has 1 aromatic carbocycles. The monoisotopic (exact) mass is 318 g/mol. The SMILES string of the molecule is CN=C(NCCNC(=O)C(C)C)NC1CCOc2ccccc21. The van der Waals surface area contributed by atoms with Crippen LogP contribution in [0.3, 0.4) is 0 Å². The number of carbonyl (C=O) groups excluding carboxylic acids is 1. The Kier molecular flexibility index (Phi) is 6.26. The summed E-state index contributed by atoms with van der Waals surface area (Å²) in [7, 11) is 1.74. The summed E-state index contributed by atoms with van der Waals surface area (Å²) in [4.78, 5) is 15.8. The molecule has 1 aliphatic heterocycles. The zero-order valence-corrected chi connectivity index (χ0v) is 14.1. The largest absolute Gasteiger partial charge is 0.493 e. The van der Waals surface area contributed by atoms with Crippen LogP contribution in [-0.4, -0.2) is 38.6 Å². The first-order valence-electron chi connectivity index (χ1n) is 8.08.